The predicted molar refractivity (Wildman–Crippen MR) is 125 cm³/mol. The zero-order chi connectivity index (χ0) is 21.7. The Bertz CT molecular complexity index is 653. The van der Waals surface area contributed by atoms with Crippen LogP contribution >= 0.6 is 0 Å². The van der Waals surface area contributed by atoms with E-state index in [1.807, 2.05) is 6.92 Å². The summed E-state index contributed by atoms with van der Waals surface area (Å²) in [7, 11) is 0. The average molecular weight is 417 g/mol. The Morgan fingerprint density at radius 2 is 1.80 bits per heavy atom. The van der Waals surface area contributed by atoms with Gasteiger partial charge < -0.3 is 10.2 Å². The summed E-state index contributed by atoms with van der Waals surface area (Å²) in [5, 5.41) is 20.6. The van der Waals surface area contributed by atoms with Gasteiger partial charge in [0.25, 0.3) is 0 Å². The van der Waals surface area contributed by atoms with Crippen molar-refractivity contribution in [1.29, 1.82) is 0 Å². The van der Waals surface area contributed by atoms with Crippen LogP contribution in [0, 0.1) is 40.4 Å². The smallest absolute Gasteiger partial charge is 0.0682 e. The fraction of sp³-hybridized carbons (Fsp3) is 0.929. The molecule has 2 N–H and O–H groups in total. The zero-order valence-corrected chi connectivity index (χ0v) is 20.4. The van der Waals surface area contributed by atoms with Crippen LogP contribution in [0.1, 0.15) is 112 Å². The van der Waals surface area contributed by atoms with E-state index in [4.69, 9.17) is 0 Å². The summed E-state index contributed by atoms with van der Waals surface area (Å²) in [6.45, 7) is 11.8. The quantitative estimate of drug-likeness (QED) is 0.463. The first-order valence-corrected chi connectivity index (χ1v) is 13.2. The highest BCUT2D eigenvalue weighted by atomic mass is 16.3. The Hall–Kier alpha value is -0.340. The van der Waals surface area contributed by atoms with Crippen molar-refractivity contribution < 1.29 is 10.2 Å². The van der Waals surface area contributed by atoms with E-state index >= 15 is 0 Å². The van der Waals surface area contributed by atoms with Gasteiger partial charge in [-0.05, 0) is 112 Å². The van der Waals surface area contributed by atoms with E-state index in [-0.39, 0.29) is 6.10 Å². The third-order valence-corrected chi connectivity index (χ3v) is 11.0. The number of fused-ring (bicyclic) bond motifs is 5. The fourth-order valence-corrected chi connectivity index (χ4v) is 8.93. The molecule has 0 aliphatic heterocycles. The lowest BCUT2D eigenvalue weighted by atomic mass is 9.46. The van der Waals surface area contributed by atoms with Crippen LogP contribution in [0.3, 0.4) is 0 Å². The van der Waals surface area contributed by atoms with Crippen LogP contribution in [0.4, 0.5) is 0 Å². The maximum atomic E-state index is 11.0. The highest BCUT2D eigenvalue weighted by Crippen LogP contribution is 2.67. The molecule has 4 rings (SSSR count). The van der Waals surface area contributed by atoms with Crippen LogP contribution in [-0.4, -0.2) is 21.9 Å². The molecule has 3 fully saturated rings. The van der Waals surface area contributed by atoms with Gasteiger partial charge in [0, 0.05) is 0 Å². The monoisotopic (exact) mass is 416 g/mol. The number of allylic oxidation sites excluding steroid dienone is 1. The van der Waals surface area contributed by atoms with Crippen molar-refractivity contribution in [3.05, 3.63) is 11.6 Å². The van der Waals surface area contributed by atoms with E-state index in [1.165, 1.54) is 51.4 Å². The van der Waals surface area contributed by atoms with Gasteiger partial charge in [0.05, 0.1) is 11.7 Å². The Labute approximate surface area is 185 Å². The van der Waals surface area contributed by atoms with Gasteiger partial charge in [-0.2, -0.15) is 0 Å². The Morgan fingerprint density at radius 1 is 1.03 bits per heavy atom. The molecule has 0 aromatic heterocycles. The van der Waals surface area contributed by atoms with Gasteiger partial charge in [-0.15, -0.1) is 0 Å². The molecule has 4 aliphatic rings. The van der Waals surface area contributed by atoms with Gasteiger partial charge >= 0.3 is 0 Å². The second kappa shape index (κ2) is 8.22. The number of hydrogen-bond acceptors (Lipinski definition) is 2. The summed E-state index contributed by atoms with van der Waals surface area (Å²) in [6, 6.07) is 0. The van der Waals surface area contributed by atoms with Gasteiger partial charge in [-0.1, -0.05) is 52.2 Å². The molecule has 0 saturated heterocycles. The lowest BCUT2D eigenvalue weighted by Crippen LogP contribution is -2.52. The topological polar surface area (TPSA) is 40.5 Å². The van der Waals surface area contributed by atoms with Gasteiger partial charge in [0.1, 0.15) is 0 Å². The van der Waals surface area contributed by atoms with E-state index < -0.39 is 5.60 Å². The first-order valence-electron chi connectivity index (χ1n) is 13.2. The van der Waals surface area contributed by atoms with Crippen LogP contribution in [0.2, 0.25) is 0 Å². The second-order valence-electron chi connectivity index (χ2n) is 12.5. The third kappa shape index (κ3) is 3.72. The van der Waals surface area contributed by atoms with Crippen molar-refractivity contribution in [3.63, 3.8) is 0 Å². The summed E-state index contributed by atoms with van der Waals surface area (Å²) >= 11 is 0. The molecule has 0 bridgehead atoms. The Morgan fingerprint density at radius 3 is 2.50 bits per heavy atom. The molecule has 1 unspecified atom stereocenters. The molecule has 0 heterocycles. The van der Waals surface area contributed by atoms with Gasteiger partial charge in [0.2, 0.25) is 0 Å². The lowest BCUT2D eigenvalue weighted by molar-refractivity contribution is -0.0755. The average Bonchev–Trinajstić information content (AvgIpc) is 3.05. The van der Waals surface area contributed by atoms with Gasteiger partial charge in [-0.25, -0.2) is 0 Å². The molecule has 4 aliphatic carbocycles. The molecule has 0 aromatic carbocycles. The van der Waals surface area contributed by atoms with Crippen LogP contribution in [0.5, 0.6) is 0 Å². The van der Waals surface area contributed by atoms with E-state index in [0.717, 1.165) is 55.3 Å². The normalized spacial score (nSPS) is 47.6. The first-order chi connectivity index (χ1) is 14.1. The number of aliphatic hydroxyl groups excluding tert-OH is 1. The van der Waals surface area contributed by atoms with Crippen LogP contribution in [0.15, 0.2) is 11.6 Å². The van der Waals surface area contributed by atoms with Crippen molar-refractivity contribution in [2.24, 2.45) is 40.4 Å². The minimum atomic E-state index is -0.443. The van der Waals surface area contributed by atoms with Crippen molar-refractivity contribution in [2.45, 2.75) is 123 Å². The standard InChI is InChI=1S/C28H48O2/c1-6-28(30)17-16-26(4)21(18-28)10-11-22-24-13-12-23(19(2)8-7-9-20(3)29)27(24,5)15-14-25(22)26/h10,19-20,22-25,29-30H,6-9,11-18H2,1-5H3/t19-,20?,22+,23-,24+,25+,26+,27-,28+/m1/s1. The molecule has 30 heavy (non-hydrogen) atoms. The number of hydrogen-bond donors (Lipinski definition) is 2. The minimum absolute atomic E-state index is 0.149. The fourth-order valence-electron chi connectivity index (χ4n) is 8.93. The molecule has 0 spiro atoms. The van der Waals surface area contributed by atoms with Crippen molar-refractivity contribution >= 4 is 0 Å². The highest BCUT2D eigenvalue weighted by Gasteiger charge is 2.59. The molecule has 0 radical (unpaired) electrons. The first kappa shape index (κ1) is 22.8. The molecule has 2 heteroatoms. The molecule has 9 atom stereocenters. The Kier molecular flexibility index (Phi) is 6.26. The summed E-state index contributed by atoms with van der Waals surface area (Å²) in [5.74, 6) is 4.24. The van der Waals surface area contributed by atoms with Gasteiger partial charge in [-0.3, -0.25) is 0 Å². The summed E-state index contributed by atoms with van der Waals surface area (Å²) in [5.41, 5.74) is 2.02. The number of aliphatic hydroxyl groups is 2. The SMILES string of the molecule is CC[C@]1(O)CC[C@@]2(C)C(=CC[C@H]3[C@@H]4CC[C@H]([C@H](C)CCCC(C)O)[C@@]4(C)CC[C@@H]32)C1. The third-order valence-electron chi connectivity index (χ3n) is 11.0. The summed E-state index contributed by atoms with van der Waals surface area (Å²) in [4.78, 5) is 0. The maximum absolute atomic E-state index is 11.0. The maximum Gasteiger partial charge on any atom is 0.0682 e. The van der Waals surface area contributed by atoms with Crippen molar-refractivity contribution in [1.82, 2.24) is 0 Å². The van der Waals surface area contributed by atoms with Crippen molar-refractivity contribution in [3.8, 4) is 0 Å². The van der Waals surface area contributed by atoms with Gasteiger partial charge in [0.15, 0.2) is 0 Å². The molecular weight excluding hydrogens is 368 g/mol. The van der Waals surface area contributed by atoms with E-state index in [2.05, 4.69) is 33.8 Å². The minimum Gasteiger partial charge on any atom is -0.393 e. The lowest BCUT2D eigenvalue weighted by Gasteiger charge is -2.59. The molecule has 3 saturated carbocycles. The second-order valence-corrected chi connectivity index (χ2v) is 12.5. The predicted octanol–water partition coefficient (Wildman–Crippen LogP) is 6.89. The van der Waals surface area contributed by atoms with Crippen LogP contribution in [0.25, 0.3) is 0 Å². The van der Waals surface area contributed by atoms with E-state index in [0.29, 0.717) is 10.8 Å². The zero-order valence-electron chi connectivity index (χ0n) is 20.4. The van der Waals surface area contributed by atoms with Crippen LogP contribution < -0.4 is 0 Å². The molecule has 0 amide bonds. The largest absolute Gasteiger partial charge is 0.393 e. The summed E-state index contributed by atoms with van der Waals surface area (Å²) < 4.78 is 0. The molecular formula is C28H48O2. The molecule has 0 aromatic rings. The summed E-state index contributed by atoms with van der Waals surface area (Å²) in [6.07, 6.45) is 16.8. The van der Waals surface area contributed by atoms with Crippen LogP contribution in [-0.2, 0) is 0 Å². The van der Waals surface area contributed by atoms with E-state index in [9.17, 15) is 10.2 Å². The highest BCUT2D eigenvalue weighted by molar-refractivity contribution is 5.27. The van der Waals surface area contributed by atoms with E-state index in [1.54, 1.807) is 5.57 Å². The Balaban J connectivity index is 1.50. The van der Waals surface area contributed by atoms with Crippen molar-refractivity contribution in [2.75, 3.05) is 0 Å². The number of rotatable bonds is 6. The molecule has 172 valence electrons. The molecule has 2 nitrogen and oxygen atoms in total.